The van der Waals surface area contributed by atoms with Crippen molar-refractivity contribution in [2.75, 3.05) is 12.3 Å². The lowest BCUT2D eigenvalue weighted by molar-refractivity contribution is -0.121. The summed E-state index contributed by atoms with van der Waals surface area (Å²) in [7, 11) is 0. The summed E-state index contributed by atoms with van der Waals surface area (Å²) in [6.45, 7) is 0.187. The minimum Gasteiger partial charge on any atom is -0.397 e. The first-order valence-electron chi connectivity index (χ1n) is 5.19. The van der Waals surface area contributed by atoms with Crippen molar-refractivity contribution in [2.45, 2.75) is 6.54 Å². The number of anilines is 1. The van der Waals surface area contributed by atoms with Crippen molar-refractivity contribution in [2.24, 2.45) is 0 Å². The fourth-order valence-corrected chi connectivity index (χ4v) is 1.77. The lowest BCUT2D eigenvalue weighted by Crippen LogP contribution is -2.27. The van der Waals surface area contributed by atoms with Crippen LogP contribution in [0.4, 0.5) is 5.69 Å². The summed E-state index contributed by atoms with van der Waals surface area (Å²) in [6, 6.07) is 9.38. The molecule has 1 heterocycles. The maximum Gasteiger partial charge on any atom is 0.240 e. The predicted octanol–water partition coefficient (Wildman–Crippen LogP) is 0.863. The van der Waals surface area contributed by atoms with Gasteiger partial charge in [-0.1, -0.05) is 12.1 Å². The van der Waals surface area contributed by atoms with Crippen LogP contribution in [0.15, 0.2) is 30.5 Å². The molecule has 0 atom stereocenters. The number of aromatic nitrogens is 1. The van der Waals surface area contributed by atoms with Gasteiger partial charge in [-0.2, -0.15) is 5.26 Å². The number of para-hydroxylation sites is 1. The van der Waals surface area contributed by atoms with Gasteiger partial charge in [-0.05, 0) is 12.1 Å². The molecule has 86 valence electrons. The van der Waals surface area contributed by atoms with Crippen LogP contribution in [-0.2, 0) is 11.3 Å². The third-order valence-corrected chi connectivity index (χ3v) is 2.50. The van der Waals surface area contributed by atoms with E-state index in [4.69, 9.17) is 11.0 Å². The standard InChI is InChI=1S/C12H12N4O/c13-5-6-15-11(17)8-16-7-4-9-2-1-3-10(14)12(9)16/h1-4,7H,6,8,14H2,(H,15,17). The molecule has 0 saturated carbocycles. The third kappa shape index (κ3) is 2.21. The van der Waals surface area contributed by atoms with Crippen LogP contribution in [-0.4, -0.2) is 17.0 Å². The van der Waals surface area contributed by atoms with E-state index in [0.717, 1.165) is 10.9 Å². The summed E-state index contributed by atoms with van der Waals surface area (Å²) in [6.07, 6.45) is 1.81. The van der Waals surface area contributed by atoms with Gasteiger partial charge < -0.3 is 15.6 Å². The highest BCUT2D eigenvalue weighted by Crippen LogP contribution is 2.21. The number of nitrogens with one attached hydrogen (secondary N) is 1. The lowest BCUT2D eigenvalue weighted by Gasteiger charge is -2.06. The zero-order valence-electron chi connectivity index (χ0n) is 9.18. The van der Waals surface area contributed by atoms with Crippen LogP contribution >= 0.6 is 0 Å². The Balaban J connectivity index is 2.25. The number of nitrogens with zero attached hydrogens (tertiary/aromatic N) is 2. The lowest BCUT2D eigenvalue weighted by atomic mass is 10.2. The molecule has 0 radical (unpaired) electrons. The van der Waals surface area contributed by atoms with Crippen LogP contribution in [0, 0.1) is 11.3 Å². The van der Waals surface area contributed by atoms with E-state index in [2.05, 4.69) is 5.32 Å². The monoisotopic (exact) mass is 228 g/mol. The summed E-state index contributed by atoms with van der Waals surface area (Å²) < 4.78 is 1.78. The number of amides is 1. The second kappa shape index (κ2) is 4.58. The zero-order chi connectivity index (χ0) is 12.3. The predicted molar refractivity (Wildman–Crippen MR) is 65.0 cm³/mol. The Bertz CT molecular complexity index is 594. The molecule has 2 aromatic rings. The van der Waals surface area contributed by atoms with Gasteiger partial charge in [0.25, 0.3) is 0 Å². The van der Waals surface area contributed by atoms with Crippen LogP contribution in [0.25, 0.3) is 10.9 Å². The molecule has 0 fully saturated rings. The number of hydrogen-bond acceptors (Lipinski definition) is 3. The van der Waals surface area contributed by atoms with E-state index in [-0.39, 0.29) is 19.0 Å². The molecule has 0 aliphatic rings. The molecule has 1 amide bonds. The van der Waals surface area contributed by atoms with Crippen LogP contribution in [0.3, 0.4) is 0 Å². The van der Waals surface area contributed by atoms with Gasteiger partial charge >= 0.3 is 0 Å². The molecule has 17 heavy (non-hydrogen) atoms. The Hall–Kier alpha value is -2.48. The van der Waals surface area contributed by atoms with Crippen molar-refractivity contribution in [3.63, 3.8) is 0 Å². The number of nitrogens with two attached hydrogens (primary N) is 1. The van der Waals surface area contributed by atoms with Gasteiger partial charge in [-0.3, -0.25) is 4.79 Å². The van der Waals surface area contributed by atoms with E-state index in [1.165, 1.54) is 0 Å². The summed E-state index contributed by atoms with van der Waals surface area (Å²) >= 11 is 0. The first-order valence-corrected chi connectivity index (χ1v) is 5.19. The number of nitrogen functional groups attached to an aromatic ring is 1. The summed E-state index contributed by atoms with van der Waals surface area (Å²) in [5, 5.41) is 11.9. The summed E-state index contributed by atoms with van der Waals surface area (Å²) in [5.74, 6) is -0.202. The Kier molecular flexibility index (Phi) is 2.97. The highest BCUT2D eigenvalue weighted by Gasteiger charge is 2.07. The van der Waals surface area contributed by atoms with Crippen molar-refractivity contribution in [1.29, 1.82) is 5.26 Å². The molecule has 5 nitrogen and oxygen atoms in total. The summed E-state index contributed by atoms with van der Waals surface area (Å²) in [5.41, 5.74) is 7.36. The molecular weight excluding hydrogens is 216 g/mol. The molecule has 2 rings (SSSR count). The van der Waals surface area contributed by atoms with Gasteiger partial charge in [0.15, 0.2) is 0 Å². The second-order valence-electron chi connectivity index (χ2n) is 3.66. The molecule has 3 N–H and O–H groups in total. The van der Waals surface area contributed by atoms with Crippen molar-refractivity contribution in [1.82, 2.24) is 9.88 Å². The van der Waals surface area contributed by atoms with Gasteiger partial charge in [0.2, 0.25) is 5.91 Å². The normalized spacial score (nSPS) is 10.1. The number of hydrogen-bond donors (Lipinski definition) is 2. The molecule has 0 aliphatic carbocycles. The maximum absolute atomic E-state index is 11.5. The quantitative estimate of drug-likeness (QED) is 0.603. The van der Waals surface area contributed by atoms with E-state index >= 15 is 0 Å². The highest BCUT2D eigenvalue weighted by atomic mass is 16.1. The zero-order valence-corrected chi connectivity index (χ0v) is 9.18. The fourth-order valence-electron chi connectivity index (χ4n) is 1.77. The van der Waals surface area contributed by atoms with Crippen molar-refractivity contribution < 1.29 is 4.79 Å². The minimum absolute atomic E-state index is 0.0213. The summed E-state index contributed by atoms with van der Waals surface area (Å²) in [4.78, 5) is 11.5. The van der Waals surface area contributed by atoms with E-state index in [1.54, 1.807) is 10.6 Å². The second-order valence-corrected chi connectivity index (χ2v) is 3.66. The molecular formula is C12H12N4O. The van der Waals surface area contributed by atoms with Crippen LogP contribution in [0.5, 0.6) is 0 Å². The molecule has 1 aromatic heterocycles. The largest absolute Gasteiger partial charge is 0.397 e. The molecule has 0 unspecified atom stereocenters. The number of fused-ring (bicyclic) bond motifs is 1. The van der Waals surface area contributed by atoms with Gasteiger partial charge in [-0.15, -0.1) is 0 Å². The molecule has 0 aliphatic heterocycles. The molecule has 0 saturated heterocycles. The van der Waals surface area contributed by atoms with E-state index in [1.807, 2.05) is 30.5 Å². The minimum atomic E-state index is -0.202. The van der Waals surface area contributed by atoms with Crippen LogP contribution < -0.4 is 11.1 Å². The smallest absolute Gasteiger partial charge is 0.240 e. The number of carbonyl (C=O) groups is 1. The Morgan fingerprint density at radius 2 is 2.29 bits per heavy atom. The van der Waals surface area contributed by atoms with E-state index in [9.17, 15) is 4.79 Å². The maximum atomic E-state index is 11.5. The van der Waals surface area contributed by atoms with E-state index < -0.39 is 0 Å². The average Bonchev–Trinajstić information content (AvgIpc) is 2.71. The number of carbonyl (C=O) groups excluding carboxylic acids is 1. The number of rotatable bonds is 3. The molecule has 5 heteroatoms. The van der Waals surface area contributed by atoms with Gasteiger partial charge in [0.05, 0.1) is 17.3 Å². The Morgan fingerprint density at radius 3 is 3.06 bits per heavy atom. The first-order chi connectivity index (χ1) is 8.22. The van der Waals surface area contributed by atoms with Crippen molar-refractivity contribution in [3.05, 3.63) is 30.5 Å². The van der Waals surface area contributed by atoms with Gasteiger partial charge in [-0.25, -0.2) is 0 Å². The molecule has 1 aromatic carbocycles. The van der Waals surface area contributed by atoms with Gasteiger partial charge in [0.1, 0.15) is 13.1 Å². The highest BCUT2D eigenvalue weighted by molar-refractivity contribution is 5.91. The Morgan fingerprint density at radius 1 is 1.47 bits per heavy atom. The first kappa shape index (κ1) is 11.0. The Labute approximate surface area is 98.4 Å². The van der Waals surface area contributed by atoms with E-state index in [0.29, 0.717) is 5.69 Å². The third-order valence-electron chi connectivity index (χ3n) is 2.50. The molecule has 0 spiro atoms. The van der Waals surface area contributed by atoms with Crippen LogP contribution in [0.1, 0.15) is 0 Å². The number of nitriles is 1. The number of benzene rings is 1. The molecule has 0 bridgehead atoms. The van der Waals surface area contributed by atoms with Gasteiger partial charge in [0, 0.05) is 11.6 Å². The van der Waals surface area contributed by atoms with Crippen molar-refractivity contribution >= 4 is 22.5 Å². The van der Waals surface area contributed by atoms with Crippen LogP contribution in [0.2, 0.25) is 0 Å². The van der Waals surface area contributed by atoms with Crippen molar-refractivity contribution in [3.8, 4) is 6.07 Å². The average molecular weight is 228 g/mol. The topological polar surface area (TPSA) is 83.8 Å². The fraction of sp³-hybridized carbons (Fsp3) is 0.167. The SMILES string of the molecule is N#CCNC(=O)Cn1ccc2cccc(N)c21.